The third kappa shape index (κ3) is 3.40. The van der Waals surface area contributed by atoms with Crippen LogP contribution < -0.4 is 15.7 Å². The van der Waals surface area contributed by atoms with Gasteiger partial charge < -0.3 is 10.1 Å². The summed E-state index contributed by atoms with van der Waals surface area (Å²) in [4.78, 5) is 29.1. The van der Waals surface area contributed by atoms with Crippen LogP contribution >= 0.6 is 0 Å². The highest BCUT2D eigenvalue weighted by Gasteiger charge is 2.15. The maximum absolute atomic E-state index is 12.5. The van der Waals surface area contributed by atoms with Gasteiger partial charge in [0, 0.05) is 19.3 Å². The van der Waals surface area contributed by atoms with Gasteiger partial charge in [0.05, 0.1) is 12.6 Å². The Bertz CT molecular complexity index is 958. The number of methoxy groups -OCH3 is 1. The van der Waals surface area contributed by atoms with E-state index in [0.29, 0.717) is 24.3 Å². The Morgan fingerprint density at radius 3 is 2.84 bits per heavy atom. The quantitative estimate of drug-likeness (QED) is 0.738. The van der Waals surface area contributed by atoms with E-state index in [0.717, 1.165) is 11.3 Å². The van der Waals surface area contributed by atoms with E-state index >= 15 is 0 Å². The lowest BCUT2D eigenvalue weighted by atomic mass is 10.2. The molecule has 130 valence electrons. The summed E-state index contributed by atoms with van der Waals surface area (Å²) < 4.78 is 8.18. The average molecular weight is 340 g/mol. The molecule has 0 aliphatic rings. The summed E-state index contributed by atoms with van der Waals surface area (Å²) in [6.07, 6.45) is 1.64. The first-order chi connectivity index (χ1) is 12.1. The highest BCUT2D eigenvalue weighted by Crippen LogP contribution is 2.12. The first kappa shape index (κ1) is 16.8. The fourth-order valence-corrected chi connectivity index (χ4v) is 2.77. The molecular formula is C18H20N4O3. The molecule has 0 saturated carbocycles. The molecule has 0 bridgehead atoms. The number of aromatic nitrogens is 3. The maximum Gasteiger partial charge on any atom is 0.330 e. The van der Waals surface area contributed by atoms with Gasteiger partial charge >= 0.3 is 5.69 Å². The number of nitrogens with zero attached hydrogens (tertiary/aromatic N) is 3. The van der Waals surface area contributed by atoms with Gasteiger partial charge in [-0.1, -0.05) is 12.1 Å². The summed E-state index contributed by atoms with van der Waals surface area (Å²) in [7, 11) is 1.60. The largest absolute Gasteiger partial charge is 0.497 e. The van der Waals surface area contributed by atoms with Crippen molar-refractivity contribution in [2.24, 2.45) is 0 Å². The zero-order valence-electron chi connectivity index (χ0n) is 14.2. The third-order valence-corrected chi connectivity index (χ3v) is 4.02. The SMILES string of the molecule is CCn1c(=O)n(CC(=O)NCc2cccc(OC)c2)c2cccnc21. The second kappa shape index (κ2) is 7.21. The van der Waals surface area contributed by atoms with Crippen molar-refractivity contribution in [3.63, 3.8) is 0 Å². The van der Waals surface area contributed by atoms with E-state index in [9.17, 15) is 9.59 Å². The van der Waals surface area contributed by atoms with Crippen LogP contribution in [0.5, 0.6) is 5.75 Å². The molecule has 3 rings (SSSR count). The van der Waals surface area contributed by atoms with Gasteiger partial charge in [0.2, 0.25) is 5.91 Å². The van der Waals surface area contributed by atoms with E-state index in [2.05, 4.69) is 10.3 Å². The highest BCUT2D eigenvalue weighted by atomic mass is 16.5. The average Bonchev–Trinajstić information content (AvgIpc) is 2.91. The molecule has 1 N–H and O–H groups in total. The van der Waals surface area contributed by atoms with Crippen LogP contribution in [0.15, 0.2) is 47.4 Å². The van der Waals surface area contributed by atoms with Crippen molar-refractivity contribution in [1.82, 2.24) is 19.4 Å². The normalized spacial score (nSPS) is 10.8. The standard InChI is InChI=1S/C18H20N4O3/c1-3-21-17-15(8-5-9-19-17)22(18(21)24)12-16(23)20-11-13-6-4-7-14(10-13)25-2/h4-10H,3,11-12H2,1-2H3,(H,20,23). The summed E-state index contributed by atoms with van der Waals surface area (Å²) in [5.41, 5.74) is 1.95. The van der Waals surface area contributed by atoms with Crippen LogP contribution in [0, 0.1) is 0 Å². The zero-order chi connectivity index (χ0) is 17.8. The van der Waals surface area contributed by atoms with Crippen molar-refractivity contribution >= 4 is 17.1 Å². The molecule has 7 heteroatoms. The highest BCUT2D eigenvalue weighted by molar-refractivity contribution is 5.79. The second-order valence-electron chi connectivity index (χ2n) is 5.59. The molecule has 7 nitrogen and oxygen atoms in total. The molecule has 2 aromatic heterocycles. The number of imidazole rings is 1. The lowest BCUT2D eigenvalue weighted by Gasteiger charge is -2.07. The summed E-state index contributed by atoms with van der Waals surface area (Å²) >= 11 is 0. The van der Waals surface area contributed by atoms with E-state index in [1.165, 1.54) is 4.57 Å². The fourth-order valence-electron chi connectivity index (χ4n) is 2.77. The second-order valence-corrected chi connectivity index (χ2v) is 5.59. The number of fused-ring (bicyclic) bond motifs is 1. The molecular weight excluding hydrogens is 320 g/mol. The molecule has 25 heavy (non-hydrogen) atoms. The summed E-state index contributed by atoms with van der Waals surface area (Å²) in [6, 6.07) is 11.0. The maximum atomic E-state index is 12.5. The molecule has 0 unspecified atom stereocenters. The van der Waals surface area contributed by atoms with E-state index in [-0.39, 0.29) is 18.1 Å². The molecule has 0 radical (unpaired) electrons. The molecule has 3 aromatic rings. The van der Waals surface area contributed by atoms with Crippen molar-refractivity contribution in [2.75, 3.05) is 7.11 Å². The molecule has 0 aliphatic heterocycles. The van der Waals surface area contributed by atoms with Crippen LogP contribution in [0.25, 0.3) is 11.2 Å². The Hall–Kier alpha value is -3.09. The van der Waals surface area contributed by atoms with Crippen molar-refractivity contribution in [1.29, 1.82) is 0 Å². The Kier molecular flexibility index (Phi) is 4.83. The molecule has 0 spiro atoms. The molecule has 0 atom stereocenters. The summed E-state index contributed by atoms with van der Waals surface area (Å²) in [5.74, 6) is 0.504. The van der Waals surface area contributed by atoms with Crippen LogP contribution in [-0.2, 0) is 24.4 Å². The number of benzene rings is 1. The summed E-state index contributed by atoms with van der Waals surface area (Å²) in [5, 5.41) is 2.83. The number of carbonyl (C=O) groups excluding carboxylic acids is 1. The van der Waals surface area contributed by atoms with Crippen molar-refractivity contribution in [3.8, 4) is 5.75 Å². The van der Waals surface area contributed by atoms with Gasteiger partial charge in [-0.25, -0.2) is 9.78 Å². The number of carbonyl (C=O) groups is 1. The Balaban J connectivity index is 1.76. The Labute approximate surface area is 144 Å². The summed E-state index contributed by atoms with van der Waals surface area (Å²) in [6.45, 7) is 2.71. The van der Waals surface area contributed by atoms with Gasteiger partial charge in [-0.2, -0.15) is 0 Å². The Morgan fingerprint density at radius 2 is 2.08 bits per heavy atom. The smallest absolute Gasteiger partial charge is 0.330 e. The number of hydrogen-bond acceptors (Lipinski definition) is 4. The zero-order valence-corrected chi connectivity index (χ0v) is 14.2. The van der Waals surface area contributed by atoms with Crippen LogP contribution in [0.3, 0.4) is 0 Å². The number of aryl methyl sites for hydroxylation is 1. The molecule has 0 aliphatic carbocycles. The van der Waals surface area contributed by atoms with E-state index < -0.39 is 0 Å². The molecule has 0 saturated heterocycles. The molecule has 0 fully saturated rings. The van der Waals surface area contributed by atoms with Gasteiger partial charge in [0.15, 0.2) is 5.65 Å². The van der Waals surface area contributed by atoms with Gasteiger partial charge in [-0.15, -0.1) is 0 Å². The van der Waals surface area contributed by atoms with Crippen molar-refractivity contribution < 1.29 is 9.53 Å². The fraction of sp³-hybridized carbons (Fsp3) is 0.278. The van der Waals surface area contributed by atoms with Gasteiger partial charge in [-0.3, -0.25) is 13.9 Å². The van der Waals surface area contributed by atoms with Gasteiger partial charge in [0.25, 0.3) is 0 Å². The predicted octanol–water partition coefficient (Wildman–Crippen LogP) is 1.54. The molecule has 1 aromatic carbocycles. The van der Waals surface area contributed by atoms with Crippen LogP contribution in [-0.4, -0.2) is 27.1 Å². The van der Waals surface area contributed by atoms with Crippen LogP contribution in [0.4, 0.5) is 0 Å². The van der Waals surface area contributed by atoms with E-state index in [1.54, 1.807) is 30.0 Å². The minimum absolute atomic E-state index is 0.0437. The van der Waals surface area contributed by atoms with Gasteiger partial charge in [0.1, 0.15) is 12.3 Å². The lowest BCUT2D eigenvalue weighted by molar-refractivity contribution is -0.121. The first-order valence-electron chi connectivity index (χ1n) is 8.07. The minimum Gasteiger partial charge on any atom is -0.497 e. The molecule has 2 heterocycles. The number of pyridine rings is 1. The first-order valence-corrected chi connectivity index (χ1v) is 8.07. The number of nitrogens with one attached hydrogen (secondary N) is 1. The van der Waals surface area contributed by atoms with Crippen LogP contribution in [0.1, 0.15) is 12.5 Å². The topological polar surface area (TPSA) is 78.2 Å². The minimum atomic E-state index is -0.232. The van der Waals surface area contributed by atoms with Crippen molar-refractivity contribution in [3.05, 3.63) is 58.6 Å². The van der Waals surface area contributed by atoms with Crippen molar-refractivity contribution in [2.45, 2.75) is 26.6 Å². The van der Waals surface area contributed by atoms with Gasteiger partial charge in [-0.05, 0) is 36.8 Å². The number of ether oxygens (including phenoxy) is 1. The van der Waals surface area contributed by atoms with Crippen LogP contribution in [0.2, 0.25) is 0 Å². The Morgan fingerprint density at radius 1 is 1.24 bits per heavy atom. The number of rotatable bonds is 6. The lowest BCUT2D eigenvalue weighted by Crippen LogP contribution is -2.32. The predicted molar refractivity (Wildman–Crippen MR) is 94.5 cm³/mol. The monoisotopic (exact) mass is 340 g/mol. The number of hydrogen-bond donors (Lipinski definition) is 1. The molecule has 1 amide bonds. The third-order valence-electron chi connectivity index (χ3n) is 4.02. The van der Waals surface area contributed by atoms with E-state index in [4.69, 9.17) is 4.74 Å². The van der Waals surface area contributed by atoms with E-state index in [1.807, 2.05) is 31.2 Å². The number of amides is 1.